The van der Waals surface area contributed by atoms with Crippen molar-refractivity contribution in [2.24, 2.45) is 5.92 Å². The van der Waals surface area contributed by atoms with Crippen molar-refractivity contribution in [3.8, 4) is 0 Å². The fourth-order valence-electron chi connectivity index (χ4n) is 2.99. The van der Waals surface area contributed by atoms with E-state index in [2.05, 4.69) is 43.3 Å². The van der Waals surface area contributed by atoms with E-state index in [-0.39, 0.29) is 0 Å². The van der Waals surface area contributed by atoms with Crippen LogP contribution >= 0.6 is 15.9 Å². The van der Waals surface area contributed by atoms with E-state index in [0.29, 0.717) is 0 Å². The highest BCUT2D eigenvalue weighted by molar-refractivity contribution is 9.10. The highest BCUT2D eigenvalue weighted by atomic mass is 79.9. The first-order chi connectivity index (χ1) is 8.31. The molecule has 2 unspecified atom stereocenters. The zero-order valence-electron chi connectivity index (χ0n) is 9.90. The Bertz CT molecular complexity index is 365. The average Bonchev–Trinajstić information content (AvgIpc) is 2.74. The second-order valence-electron chi connectivity index (χ2n) is 5.12. The van der Waals surface area contributed by atoms with Crippen LogP contribution in [0.15, 0.2) is 22.8 Å². The minimum atomic E-state index is 0.721. The number of nitrogens with zero attached hydrogens (tertiary/aromatic N) is 2. The number of halogens is 1. The summed E-state index contributed by atoms with van der Waals surface area (Å²) in [7, 11) is 0. The molecule has 0 spiro atoms. The Morgan fingerprint density at radius 2 is 2.35 bits per heavy atom. The lowest BCUT2D eigenvalue weighted by Gasteiger charge is -2.24. The lowest BCUT2D eigenvalue weighted by molar-refractivity contribution is 0.309. The van der Waals surface area contributed by atoms with Gasteiger partial charge in [-0.2, -0.15) is 0 Å². The Hall–Kier alpha value is -0.450. The molecule has 1 N–H and O–H groups in total. The summed E-state index contributed by atoms with van der Waals surface area (Å²) in [6.07, 6.45) is 4.62. The molecule has 1 aromatic heterocycles. The van der Waals surface area contributed by atoms with Gasteiger partial charge < -0.3 is 5.32 Å². The van der Waals surface area contributed by atoms with Crippen molar-refractivity contribution in [1.82, 2.24) is 15.2 Å². The lowest BCUT2D eigenvalue weighted by Crippen LogP contribution is -2.40. The predicted molar refractivity (Wildman–Crippen MR) is 71.7 cm³/mol. The molecule has 2 saturated heterocycles. The summed E-state index contributed by atoms with van der Waals surface area (Å²) in [6, 6.07) is 4.91. The van der Waals surface area contributed by atoms with Gasteiger partial charge >= 0.3 is 0 Å². The van der Waals surface area contributed by atoms with Crippen LogP contribution in [0.4, 0.5) is 0 Å². The van der Waals surface area contributed by atoms with E-state index in [1.165, 1.54) is 38.2 Å². The zero-order chi connectivity index (χ0) is 11.7. The van der Waals surface area contributed by atoms with Crippen LogP contribution in [0.2, 0.25) is 0 Å². The van der Waals surface area contributed by atoms with E-state index >= 15 is 0 Å². The predicted octanol–water partition coefficient (Wildman–Crippen LogP) is 2.03. The molecule has 0 aromatic carbocycles. The van der Waals surface area contributed by atoms with Crippen molar-refractivity contribution in [1.29, 1.82) is 0 Å². The molecule has 2 aliphatic rings. The molecule has 3 heterocycles. The van der Waals surface area contributed by atoms with Gasteiger partial charge in [-0.3, -0.25) is 9.88 Å². The third-order valence-electron chi connectivity index (χ3n) is 3.85. The molecule has 0 aliphatic carbocycles. The van der Waals surface area contributed by atoms with Gasteiger partial charge in [-0.1, -0.05) is 0 Å². The number of hydrogen-bond donors (Lipinski definition) is 1. The number of pyridine rings is 1. The maximum Gasteiger partial charge on any atom is 0.0544 e. The van der Waals surface area contributed by atoms with E-state index in [0.717, 1.165) is 23.0 Å². The number of aromatic nitrogens is 1. The van der Waals surface area contributed by atoms with Gasteiger partial charge in [-0.15, -0.1) is 0 Å². The number of fused-ring (bicyclic) bond motifs is 1. The van der Waals surface area contributed by atoms with E-state index < -0.39 is 0 Å². The smallest absolute Gasteiger partial charge is 0.0544 e. The van der Waals surface area contributed by atoms with Gasteiger partial charge in [-0.25, -0.2) is 0 Å². The van der Waals surface area contributed by atoms with Gasteiger partial charge in [0.05, 0.1) is 5.69 Å². The molecule has 17 heavy (non-hydrogen) atoms. The van der Waals surface area contributed by atoms with Crippen molar-refractivity contribution in [3.05, 3.63) is 28.5 Å². The topological polar surface area (TPSA) is 28.2 Å². The molecule has 0 radical (unpaired) electrons. The Balaban J connectivity index is 1.61. The first kappa shape index (κ1) is 11.6. The average molecular weight is 296 g/mol. The molecule has 4 heteroatoms. The Morgan fingerprint density at radius 1 is 1.41 bits per heavy atom. The number of hydrogen-bond acceptors (Lipinski definition) is 3. The van der Waals surface area contributed by atoms with Gasteiger partial charge in [-0.05, 0) is 53.4 Å². The van der Waals surface area contributed by atoms with Crippen molar-refractivity contribution >= 4 is 15.9 Å². The Kier molecular flexibility index (Phi) is 3.45. The van der Waals surface area contributed by atoms with Crippen LogP contribution in [-0.2, 0) is 6.54 Å². The second kappa shape index (κ2) is 5.04. The first-order valence-electron chi connectivity index (χ1n) is 6.37. The van der Waals surface area contributed by atoms with E-state index in [4.69, 9.17) is 0 Å². The van der Waals surface area contributed by atoms with Crippen molar-refractivity contribution in [2.45, 2.75) is 25.4 Å². The van der Waals surface area contributed by atoms with Crippen LogP contribution in [-0.4, -0.2) is 35.6 Å². The molecule has 3 nitrogen and oxygen atoms in total. The Morgan fingerprint density at radius 3 is 3.12 bits per heavy atom. The van der Waals surface area contributed by atoms with Crippen LogP contribution in [0.1, 0.15) is 18.5 Å². The van der Waals surface area contributed by atoms with Gasteiger partial charge in [0.25, 0.3) is 0 Å². The number of likely N-dealkylation sites (tertiary alicyclic amines) is 1. The lowest BCUT2D eigenvalue weighted by atomic mass is 9.94. The summed E-state index contributed by atoms with van der Waals surface area (Å²) in [5, 5.41) is 3.64. The zero-order valence-corrected chi connectivity index (χ0v) is 11.5. The maximum atomic E-state index is 4.45. The van der Waals surface area contributed by atoms with Crippen LogP contribution < -0.4 is 5.32 Å². The fraction of sp³-hybridized carbons (Fsp3) is 0.615. The minimum Gasteiger partial charge on any atom is -0.312 e. The van der Waals surface area contributed by atoms with Gasteiger partial charge in [0.15, 0.2) is 0 Å². The SMILES string of the molecule is Brc1ccc(CN2CC3CCCNC3C2)nc1. The number of nitrogens with one attached hydrogen (secondary N) is 1. The van der Waals surface area contributed by atoms with Crippen LogP contribution in [0, 0.1) is 5.92 Å². The molecular formula is C13H18BrN3. The molecule has 0 bridgehead atoms. The Labute approximate surface area is 111 Å². The molecule has 3 rings (SSSR count). The van der Waals surface area contributed by atoms with Crippen LogP contribution in [0.3, 0.4) is 0 Å². The molecule has 1 aromatic rings. The third kappa shape index (κ3) is 2.69. The van der Waals surface area contributed by atoms with Crippen molar-refractivity contribution in [3.63, 3.8) is 0 Å². The standard InChI is InChI=1S/C13H18BrN3/c14-11-3-4-12(16-6-11)8-17-7-10-2-1-5-15-13(10)9-17/h3-4,6,10,13,15H,1-2,5,7-9H2. The maximum absolute atomic E-state index is 4.45. The van der Waals surface area contributed by atoms with Gasteiger partial charge in [0, 0.05) is 36.3 Å². The summed E-state index contributed by atoms with van der Waals surface area (Å²) < 4.78 is 1.05. The fourth-order valence-corrected chi connectivity index (χ4v) is 3.23. The molecule has 0 amide bonds. The van der Waals surface area contributed by atoms with Crippen LogP contribution in [0.5, 0.6) is 0 Å². The third-order valence-corrected chi connectivity index (χ3v) is 4.32. The molecule has 0 saturated carbocycles. The summed E-state index contributed by atoms with van der Waals surface area (Å²) in [5.41, 5.74) is 1.17. The summed E-state index contributed by atoms with van der Waals surface area (Å²) in [6.45, 7) is 4.60. The van der Waals surface area contributed by atoms with Crippen molar-refractivity contribution in [2.75, 3.05) is 19.6 Å². The normalized spacial score (nSPS) is 29.2. The minimum absolute atomic E-state index is 0.721. The highest BCUT2D eigenvalue weighted by Gasteiger charge is 2.33. The molecule has 2 atom stereocenters. The number of piperidine rings is 1. The van der Waals surface area contributed by atoms with Crippen molar-refractivity contribution < 1.29 is 0 Å². The summed E-state index contributed by atoms with van der Waals surface area (Å²) in [4.78, 5) is 6.98. The van der Waals surface area contributed by atoms with E-state index in [1.807, 2.05) is 6.20 Å². The number of rotatable bonds is 2. The van der Waals surface area contributed by atoms with Gasteiger partial charge in [0.1, 0.15) is 0 Å². The highest BCUT2D eigenvalue weighted by Crippen LogP contribution is 2.25. The molecule has 2 fully saturated rings. The molecule has 92 valence electrons. The van der Waals surface area contributed by atoms with E-state index in [1.54, 1.807) is 0 Å². The quantitative estimate of drug-likeness (QED) is 0.905. The second-order valence-corrected chi connectivity index (χ2v) is 6.04. The molecular weight excluding hydrogens is 278 g/mol. The largest absolute Gasteiger partial charge is 0.312 e. The van der Waals surface area contributed by atoms with Crippen LogP contribution in [0.25, 0.3) is 0 Å². The van der Waals surface area contributed by atoms with Gasteiger partial charge in [0.2, 0.25) is 0 Å². The summed E-state index contributed by atoms with van der Waals surface area (Å²) >= 11 is 3.42. The summed E-state index contributed by atoms with van der Waals surface area (Å²) in [5.74, 6) is 0.860. The monoisotopic (exact) mass is 295 g/mol. The first-order valence-corrected chi connectivity index (χ1v) is 7.17. The van der Waals surface area contributed by atoms with E-state index in [9.17, 15) is 0 Å². The molecule has 2 aliphatic heterocycles.